The van der Waals surface area contributed by atoms with Crippen LogP contribution < -0.4 is 9.64 Å². The van der Waals surface area contributed by atoms with Crippen molar-refractivity contribution >= 4 is 28.8 Å². The lowest BCUT2D eigenvalue weighted by atomic mass is 9.95. The summed E-state index contributed by atoms with van der Waals surface area (Å²) in [6.07, 6.45) is 0. The zero-order chi connectivity index (χ0) is 22.8. The Hall–Kier alpha value is -4.46. The van der Waals surface area contributed by atoms with Crippen LogP contribution in [-0.4, -0.2) is 28.8 Å². The molecule has 0 spiro atoms. The van der Waals surface area contributed by atoms with Gasteiger partial charge in [0.1, 0.15) is 11.5 Å². The SMILES string of the molecule is COc1ccc([C@H]2C(=C(O)c3ccccc3)C(=O)C(=O)N2c2cccc([N+](=O)[O-])c2)cc1. The van der Waals surface area contributed by atoms with E-state index >= 15 is 0 Å². The van der Waals surface area contributed by atoms with Gasteiger partial charge in [-0.2, -0.15) is 0 Å². The van der Waals surface area contributed by atoms with Crippen LogP contribution in [0, 0.1) is 10.1 Å². The van der Waals surface area contributed by atoms with Crippen molar-refractivity contribution in [1.82, 2.24) is 0 Å². The van der Waals surface area contributed by atoms with E-state index in [1.807, 2.05) is 0 Å². The number of rotatable bonds is 5. The van der Waals surface area contributed by atoms with Crippen molar-refractivity contribution in [3.05, 3.63) is 106 Å². The van der Waals surface area contributed by atoms with Gasteiger partial charge in [-0.25, -0.2) is 0 Å². The van der Waals surface area contributed by atoms with Gasteiger partial charge in [0.2, 0.25) is 0 Å². The molecule has 160 valence electrons. The van der Waals surface area contributed by atoms with Crippen LogP contribution in [0.5, 0.6) is 5.75 Å². The number of ether oxygens (including phenoxy) is 1. The normalized spacial score (nSPS) is 17.4. The predicted molar refractivity (Wildman–Crippen MR) is 117 cm³/mol. The number of nitro groups is 1. The number of carbonyl (C=O) groups excluding carboxylic acids is 2. The van der Waals surface area contributed by atoms with Crippen molar-refractivity contribution in [3.8, 4) is 5.75 Å². The number of Topliss-reactive ketones (excluding diaryl/α,β-unsaturated/α-hetero) is 1. The first-order chi connectivity index (χ1) is 15.4. The molecule has 4 rings (SSSR count). The van der Waals surface area contributed by atoms with Gasteiger partial charge in [0.25, 0.3) is 17.4 Å². The van der Waals surface area contributed by atoms with Gasteiger partial charge in [0.15, 0.2) is 0 Å². The van der Waals surface area contributed by atoms with Crippen molar-refractivity contribution in [2.45, 2.75) is 6.04 Å². The highest BCUT2D eigenvalue weighted by atomic mass is 16.6. The summed E-state index contributed by atoms with van der Waals surface area (Å²) in [6.45, 7) is 0. The summed E-state index contributed by atoms with van der Waals surface area (Å²) in [6, 6.07) is 19.6. The Kier molecular flexibility index (Phi) is 5.43. The first-order valence-electron chi connectivity index (χ1n) is 9.67. The fourth-order valence-corrected chi connectivity index (χ4v) is 3.71. The maximum Gasteiger partial charge on any atom is 0.300 e. The molecule has 3 aromatic rings. The monoisotopic (exact) mass is 430 g/mol. The molecule has 0 radical (unpaired) electrons. The minimum Gasteiger partial charge on any atom is -0.507 e. The molecule has 1 amide bonds. The summed E-state index contributed by atoms with van der Waals surface area (Å²) in [4.78, 5) is 38.0. The molecule has 1 aliphatic heterocycles. The van der Waals surface area contributed by atoms with Crippen LogP contribution >= 0.6 is 0 Å². The predicted octanol–water partition coefficient (Wildman–Crippen LogP) is 4.23. The molecule has 1 saturated heterocycles. The molecular weight excluding hydrogens is 412 g/mol. The van der Waals surface area contributed by atoms with Crippen LogP contribution in [-0.2, 0) is 9.59 Å². The van der Waals surface area contributed by atoms with Crippen molar-refractivity contribution in [1.29, 1.82) is 0 Å². The third-order valence-corrected chi connectivity index (χ3v) is 5.24. The Balaban J connectivity index is 1.94. The molecule has 1 aliphatic rings. The van der Waals surface area contributed by atoms with Crippen molar-refractivity contribution in [2.24, 2.45) is 0 Å². The number of nitro benzene ring substituents is 1. The third kappa shape index (κ3) is 3.58. The van der Waals surface area contributed by atoms with Crippen LogP contribution in [0.25, 0.3) is 5.76 Å². The highest BCUT2D eigenvalue weighted by Crippen LogP contribution is 2.43. The van der Waals surface area contributed by atoms with Gasteiger partial charge in [0.05, 0.1) is 29.3 Å². The van der Waals surface area contributed by atoms with Gasteiger partial charge in [-0.05, 0) is 23.8 Å². The minimum absolute atomic E-state index is 0.0992. The van der Waals surface area contributed by atoms with E-state index in [-0.39, 0.29) is 22.7 Å². The number of methoxy groups -OCH3 is 1. The first kappa shape index (κ1) is 20.8. The lowest BCUT2D eigenvalue weighted by molar-refractivity contribution is -0.384. The Bertz CT molecular complexity index is 1230. The van der Waals surface area contributed by atoms with Gasteiger partial charge in [-0.3, -0.25) is 24.6 Å². The smallest absolute Gasteiger partial charge is 0.300 e. The molecule has 8 heteroatoms. The number of nitrogens with zero attached hydrogens (tertiary/aromatic N) is 2. The molecule has 1 atom stereocenters. The molecule has 1 N–H and O–H groups in total. The van der Waals surface area contributed by atoms with E-state index in [0.29, 0.717) is 16.9 Å². The number of anilines is 1. The summed E-state index contributed by atoms with van der Waals surface area (Å²) in [5.74, 6) is -1.51. The van der Waals surface area contributed by atoms with E-state index in [9.17, 15) is 24.8 Å². The second kappa shape index (κ2) is 8.35. The Morgan fingerprint density at radius 3 is 2.31 bits per heavy atom. The fourth-order valence-electron chi connectivity index (χ4n) is 3.71. The van der Waals surface area contributed by atoms with Gasteiger partial charge in [0, 0.05) is 17.7 Å². The Labute approximate surface area is 183 Å². The third-order valence-electron chi connectivity index (χ3n) is 5.24. The fraction of sp³-hybridized carbons (Fsp3) is 0.0833. The van der Waals surface area contributed by atoms with Gasteiger partial charge in [-0.15, -0.1) is 0 Å². The molecule has 8 nitrogen and oxygen atoms in total. The van der Waals surface area contributed by atoms with Crippen LogP contribution in [0.2, 0.25) is 0 Å². The van der Waals surface area contributed by atoms with E-state index in [1.165, 1.54) is 36.3 Å². The van der Waals surface area contributed by atoms with Gasteiger partial charge >= 0.3 is 0 Å². The Morgan fingerprint density at radius 1 is 1.00 bits per heavy atom. The van der Waals surface area contributed by atoms with Crippen LogP contribution in [0.1, 0.15) is 17.2 Å². The topological polar surface area (TPSA) is 110 Å². The lowest BCUT2D eigenvalue weighted by Crippen LogP contribution is -2.29. The number of amides is 1. The number of aliphatic hydroxyl groups excluding tert-OH is 1. The summed E-state index contributed by atoms with van der Waals surface area (Å²) >= 11 is 0. The number of aliphatic hydroxyl groups is 1. The van der Waals surface area contributed by atoms with E-state index < -0.39 is 22.7 Å². The summed E-state index contributed by atoms with van der Waals surface area (Å²) < 4.78 is 5.19. The summed E-state index contributed by atoms with van der Waals surface area (Å²) in [5.41, 5.74) is 0.769. The quantitative estimate of drug-likeness (QED) is 0.213. The largest absolute Gasteiger partial charge is 0.507 e. The molecule has 0 saturated carbocycles. The van der Waals surface area contributed by atoms with Crippen molar-refractivity contribution in [2.75, 3.05) is 12.0 Å². The van der Waals surface area contributed by atoms with E-state index in [0.717, 1.165) is 0 Å². The highest BCUT2D eigenvalue weighted by molar-refractivity contribution is 6.51. The van der Waals surface area contributed by atoms with Crippen molar-refractivity contribution in [3.63, 3.8) is 0 Å². The van der Waals surface area contributed by atoms with Gasteiger partial charge < -0.3 is 9.84 Å². The molecule has 0 aromatic heterocycles. The number of benzene rings is 3. The zero-order valence-corrected chi connectivity index (χ0v) is 17.0. The molecule has 3 aromatic carbocycles. The average Bonchev–Trinajstić information content (AvgIpc) is 3.09. The van der Waals surface area contributed by atoms with E-state index in [4.69, 9.17) is 4.74 Å². The number of non-ortho nitro benzene ring substituents is 1. The molecular formula is C24H18N2O6. The molecule has 32 heavy (non-hydrogen) atoms. The molecule has 1 fully saturated rings. The van der Waals surface area contributed by atoms with Crippen LogP contribution in [0.3, 0.4) is 0 Å². The standard InChI is InChI=1S/C24H18N2O6/c1-32-19-12-10-15(11-13-19)21-20(22(27)16-6-3-2-4-7-16)23(28)24(29)25(21)17-8-5-9-18(14-17)26(30)31/h2-14,21,27H,1H3/t21-/m0/s1. The maximum atomic E-state index is 13.1. The number of ketones is 1. The van der Waals surface area contributed by atoms with Gasteiger partial charge in [-0.1, -0.05) is 48.5 Å². The first-order valence-corrected chi connectivity index (χ1v) is 9.67. The number of hydrogen-bond donors (Lipinski definition) is 1. The molecule has 0 aliphatic carbocycles. The number of carbonyl (C=O) groups is 2. The second-order valence-corrected chi connectivity index (χ2v) is 7.09. The average molecular weight is 430 g/mol. The molecule has 1 heterocycles. The number of hydrogen-bond acceptors (Lipinski definition) is 6. The highest BCUT2D eigenvalue weighted by Gasteiger charge is 2.47. The van der Waals surface area contributed by atoms with E-state index in [2.05, 4.69) is 0 Å². The molecule has 0 unspecified atom stereocenters. The lowest BCUT2D eigenvalue weighted by Gasteiger charge is -2.25. The Morgan fingerprint density at radius 2 is 1.69 bits per heavy atom. The zero-order valence-electron chi connectivity index (χ0n) is 17.0. The maximum absolute atomic E-state index is 13.1. The molecule has 0 bridgehead atoms. The summed E-state index contributed by atoms with van der Waals surface area (Å²) in [5, 5.41) is 22.3. The minimum atomic E-state index is -0.983. The van der Waals surface area contributed by atoms with E-state index in [1.54, 1.807) is 54.6 Å². The van der Waals surface area contributed by atoms with Crippen molar-refractivity contribution < 1.29 is 24.4 Å². The summed E-state index contributed by atoms with van der Waals surface area (Å²) in [7, 11) is 1.51. The van der Waals surface area contributed by atoms with Crippen LogP contribution in [0.15, 0.2) is 84.4 Å². The second-order valence-electron chi connectivity index (χ2n) is 7.09. The van der Waals surface area contributed by atoms with Crippen LogP contribution in [0.4, 0.5) is 11.4 Å².